The SMILES string of the molecule is C=CCN(CC=C)C(=O)n1cnc(S(=O)(=O)N(C#CC)CCC)n1. The maximum atomic E-state index is 12.5. The number of carbonyl (C=O) groups excluding carboxylic acids is 1. The normalized spacial score (nSPS) is 10.4. The third-order valence-electron chi connectivity index (χ3n) is 2.82. The lowest BCUT2D eigenvalue weighted by Crippen LogP contribution is -2.35. The van der Waals surface area contributed by atoms with Gasteiger partial charge in [0.1, 0.15) is 6.33 Å². The van der Waals surface area contributed by atoms with Crippen molar-refractivity contribution in [3.05, 3.63) is 31.6 Å². The van der Waals surface area contributed by atoms with Crippen molar-refractivity contribution in [2.24, 2.45) is 0 Å². The molecule has 0 radical (unpaired) electrons. The van der Waals surface area contributed by atoms with Gasteiger partial charge in [-0.25, -0.2) is 14.1 Å². The first-order valence-corrected chi connectivity index (χ1v) is 8.74. The average molecular weight is 351 g/mol. The van der Waals surface area contributed by atoms with E-state index in [0.717, 1.165) is 15.3 Å². The Hall–Kier alpha value is -2.60. The van der Waals surface area contributed by atoms with E-state index >= 15 is 0 Å². The molecule has 0 spiro atoms. The van der Waals surface area contributed by atoms with Gasteiger partial charge in [0.25, 0.3) is 5.16 Å². The van der Waals surface area contributed by atoms with Crippen molar-refractivity contribution >= 4 is 16.1 Å². The Morgan fingerprint density at radius 1 is 1.38 bits per heavy atom. The Morgan fingerprint density at radius 3 is 2.50 bits per heavy atom. The maximum Gasteiger partial charge on any atom is 0.346 e. The highest BCUT2D eigenvalue weighted by Crippen LogP contribution is 2.11. The van der Waals surface area contributed by atoms with Gasteiger partial charge in [0.05, 0.1) is 0 Å². The van der Waals surface area contributed by atoms with E-state index in [1.54, 1.807) is 12.2 Å². The summed E-state index contributed by atoms with van der Waals surface area (Å²) in [4.78, 5) is 17.5. The monoisotopic (exact) mass is 351 g/mol. The quantitative estimate of drug-likeness (QED) is 0.400. The Labute approximate surface area is 142 Å². The Balaban J connectivity index is 3.13. The molecule has 1 rings (SSSR count). The van der Waals surface area contributed by atoms with Crippen LogP contribution in [0.4, 0.5) is 4.79 Å². The number of hydrogen-bond acceptors (Lipinski definition) is 5. The van der Waals surface area contributed by atoms with Gasteiger partial charge in [-0.2, -0.15) is 13.1 Å². The fourth-order valence-corrected chi connectivity index (χ4v) is 3.01. The second-order valence-corrected chi connectivity index (χ2v) is 6.43. The summed E-state index contributed by atoms with van der Waals surface area (Å²) in [6.45, 7) is 11.3. The molecule has 0 fully saturated rings. The number of amides is 1. The summed E-state index contributed by atoms with van der Waals surface area (Å²) in [7, 11) is -3.98. The standard InChI is InChI=1S/C15H21N5O3S/c1-5-9-18(10-6-2)15(21)20-13-16-14(17-20)24(22,23)19(11-7-3)12-8-4/h5-6,13H,1-2,7,9-11H2,3-4H3. The van der Waals surface area contributed by atoms with E-state index in [2.05, 4.69) is 35.2 Å². The molecule has 0 aliphatic rings. The van der Waals surface area contributed by atoms with Crippen LogP contribution in [-0.4, -0.2) is 58.1 Å². The fraction of sp³-hybridized carbons (Fsp3) is 0.400. The van der Waals surface area contributed by atoms with Gasteiger partial charge in [0.15, 0.2) is 0 Å². The van der Waals surface area contributed by atoms with Crippen molar-refractivity contribution in [2.45, 2.75) is 25.4 Å². The molecule has 0 bridgehead atoms. The van der Waals surface area contributed by atoms with Crippen LogP contribution in [0.5, 0.6) is 0 Å². The highest BCUT2D eigenvalue weighted by molar-refractivity contribution is 7.89. The summed E-state index contributed by atoms with van der Waals surface area (Å²) in [6.07, 6.45) is 4.75. The molecule has 0 saturated carbocycles. The van der Waals surface area contributed by atoms with E-state index in [0.29, 0.717) is 6.42 Å². The van der Waals surface area contributed by atoms with Crippen LogP contribution in [0.2, 0.25) is 0 Å². The minimum atomic E-state index is -3.98. The van der Waals surface area contributed by atoms with Crippen molar-refractivity contribution in [3.63, 3.8) is 0 Å². The average Bonchev–Trinajstić information content (AvgIpc) is 3.04. The van der Waals surface area contributed by atoms with Gasteiger partial charge in [0, 0.05) is 25.7 Å². The van der Waals surface area contributed by atoms with E-state index in [1.807, 2.05) is 6.92 Å². The Morgan fingerprint density at radius 2 is 2.00 bits per heavy atom. The number of nitrogens with zero attached hydrogens (tertiary/aromatic N) is 5. The van der Waals surface area contributed by atoms with E-state index in [9.17, 15) is 13.2 Å². The topological polar surface area (TPSA) is 88.4 Å². The van der Waals surface area contributed by atoms with Gasteiger partial charge in [-0.3, -0.25) is 0 Å². The largest absolute Gasteiger partial charge is 0.346 e. The summed E-state index contributed by atoms with van der Waals surface area (Å²) in [6, 6.07) is 1.99. The van der Waals surface area contributed by atoms with Crippen LogP contribution in [0.3, 0.4) is 0 Å². The second-order valence-electron chi connectivity index (χ2n) is 4.68. The van der Waals surface area contributed by atoms with Crippen molar-refractivity contribution in [1.29, 1.82) is 0 Å². The molecule has 9 heteroatoms. The third kappa shape index (κ3) is 4.45. The zero-order valence-electron chi connectivity index (χ0n) is 13.8. The predicted octanol–water partition coefficient (Wildman–Crippen LogP) is 1.30. The molecule has 130 valence electrons. The maximum absolute atomic E-state index is 12.5. The lowest BCUT2D eigenvalue weighted by Gasteiger charge is -2.18. The highest BCUT2D eigenvalue weighted by atomic mass is 32.2. The molecular formula is C15H21N5O3S. The third-order valence-corrected chi connectivity index (χ3v) is 4.32. The number of hydrogen-bond donors (Lipinski definition) is 0. The van der Waals surface area contributed by atoms with E-state index in [1.165, 1.54) is 11.8 Å². The molecule has 1 aromatic rings. The van der Waals surface area contributed by atoms with Gasteiger partial charge >= 0.3 is 16.1 Å². The second kappa shape index (κ2) is 8.88. The first-order valence-electron chi connectivity index (χ1n) is 7.30. The molecule has 0 unspecified atom stereocenters. The van der Waals surface area contributed by atoms with E-state index < -0.39 is 21.2 Å². The van der Waals surface area contributed by atoms with Gasteiger partial charge in [-0.05, 0) is 13.3 Å². The molecule has 0 aliphatic carbocycles. The van der Waals surface area contributed by atoms with Crippen molar-refractivity contribution in [1.82, 2.24) is 24.0 Å². The molecule has 1 heterocycles. The zero-order valence-corrected chi connectivity index (χ0v) is 14.7. The molecule has 0 saturated heterocycles. The number of aromatic nitrogens is 3. The minimum absolute atomic E-state index is 0.213. The number of sulfonamides is 1. The van der Waals surface area contributed by atoms with Crippen LogP contribution in [0.1, 0.15) is 20.3 Å². The lowest BCUT2D eigenvalue weighted by atomic mass is 10.5. The fourth-order valence-electron chi connectivity index (χ4n) is 1.81. The van der Waals surface area contributed by atoms with E-state index in [4.69, 9.17) is 0 Å². The van der Waals surface area contributed by atoms with Crippen LogP contribution in [0.15, 0.2) is 36.8 Å². The summed E-state index contributed by atoms with van der Waals surface area (Å²) < 4.78 is 26.8. The Kier molecular flexibility index (Phi) is 7.20. The van der Waals surface area contributed by atoms with Gasteiger partial charge < -0.3 is 4.90 Å². The van der Waals surface area contributed by atoms with Crippen LogP contribution < -0.4 is 0 Å². The van der Waals surface area contributed by atoms with Crippen molar-refractivity contribution in [2.75, 3.05) is 19.6 Å². The summed E-state index contributed by atoms with van der Waals surface area (Å²) >= 11 is 0. The predicted molar refractivity (Wildman–Crippen MR) is 90.4 cm³/mol. The van der Waals surface area contributed by atoms with Gasteiger partial charge in [-0.1, -0.05) is 25.0 Å². The number of carbonyl (C=O) groups is 1. The smallest absolute Gasteiger partial charge is 0.315 e. The van der Waals surface area contributed by atoms with Crippen LogP contribution in [0, 0.1) is 12.0 Å². The van der Waals surface area contributed by atoms with Crippen LogP contribution in [-0.2, 0) is 10.0 Å². The lowest BCUT2D eigenvalue weighted by molar-refractivity contribution is 0.206. The molecule has 1 amide bonds. The summed E-state index contributed by atoms with van der Waals surface area (Å²) in [5.41, 5.74) is 0. The molecule has 8 nitrogen and oxygen atoms in total. The van der Waals surface area contributed by atoms with Crippen molar-refractivity contribution in [3.8, 4) is 12.0 Å². The minimum Gasteiger partial charge on any atom is -0.315 e. The van der Waals surface area contributed by atoms with Gasteiger partial charge in [0.2, 0.25) is 0 Å². The molecule has 0 aromatic carbocycles. The van der Waals surface area contributed by atoms with Crippen molar-refractivity contribution < 1.29 is 13.2 Å². The molecule has 0 aliphatic heterocycles. The van der Waals surface area contributed by atoms with Crippen LogP contribution >= 0.6 is 0 Å². The molecule has 24 heavy (non-hydrogen) atoms. The zero-order chi connectivity index (χ0) is 18.2. The highest BCUT2D eigenvalue weighted by Gasteiger charge is 2.27. The first-order chi connectivity index (χ1) is 11.4. The number of rotatable bonds is 8. The van der Waals surface area contributed by atoms with E-state index in [-0.39, 0.29) is 19.6 Å². The van der Waals surface area contributed by atoms with Gasteiger partial charge in [-0.15, -0.1) is 18.3 Å². The summed E-state index contributed by atoms with van der Waals surface area (Å²) in [5, 5.41) is 3.33. The van der Waals surface area contributed by atoms with Crippen LogP contribution in [0.25, 0.3) is 0 Å². The molecule has 0 N–H and O–H groups in total. The Bertz CT molecular complexity index is 748. The first kappa shape index (κ1) is 19.4. The summed E-state index contributed by atoms with van der Waals surface area (Å²) in [5.74, 6) is 2.55. The molecule has 0 atom stereocenters. The molecular weight excluding hydrogens is 330 g/mol. The molecule has 1 aromatic heterocycles.